The highest BCUT2D eigenvalue weighted by Gasteiger charge is 2.06. The molecular weight excluding hydrogens is 340 g/mol. The molecule has 0 aliphatic rings. The Morgan fingerprint density at radius 1 is 1.20 bits per heavy atom. The molecule has 0 bridgehead atoms. The van der Waals surface area contributed by atoms with Gasteiger partial charge in [0.15, 0.2) is 0 Å². The van der Waals surface area contributed by atoms with Crippen molar-refractivity contribution in [1.29, 1.82) is 0 Å². The van der Waals surface area contributed by atoms with Crippen molar-refractivity contribution in [3.05, 3.63) is 59.3 Å². The molecule has 0 atom stereocenters. The largest absolute Gasteiger partial charge is 0.476 e. The zero-order valence-corrected chi connectivity index (χ0v) is 15.4. The molecule has 2 rings (SSSR count). The average molecular weight is 365 g/mol. The van der Waals surface area contributed by atoms with Gasteiger partial charge in [0, 0.05) is 37.5 Å². The Kier molecular flexibility index (Phi) is 8.91. The summed E-state index contributed by atoms with van der Waals surface area (Å²) in [5.74, 6) is 0.446. The maximum Gasteiger partial charge on any atom is 0.251 e. The van der Waals surface area contributed by atoms with Crippen LogP contribution in [0.4, 0.5) is 0 Å². The van der Waals surface area contributed by atoms with Crippen molar-refractivity contribution in [2.45, 2.75) is 13.1 Å². The Bertz CT molecular complexity index is 662. The molecule has 0 radical (unpaired) electrons. The molecule has 0 saturated heterocycles. The Labute approximate surface area is 154 Å². The van der Waals surface area contributed by atoms with E-state index in [1.807, 2.05) is 43.3 Å². The maximum absolute atomic E-state index is 12.2. The molecule has 136 valence electrons. The zero-order chi connectivity index (χ0) is 17.4. The zero-order valence-electron chi connectivity index (χ0n) is 14.6. The number of nitrogens with zero attached hydrogens (tertiary/aromatic N) is 2. The molecule has 0 aliphatic heterocycles. The minimum atomic E-state index is -0.120. The van der Waals surface area contributed by atoms with E-state index in [0.29, 0.717) is 31.1 Å². The summed E-state index contributed by atoms with van der Waals surface area (Å²) < 4.78 is 5.60. The van der Waals surface area contributed by atoms with Gasteiger partial charge in [-0.2, -0.15) is 0 Å². The number of benzene rings is 1. The third-order valence-corrected chi connectivity index (χ3v) is 3.49. The Hall–Kier alpha value is -2.15. The second-order valence-corrected chi connectivity index (χ2v) is 5.74. The number of carbonyl (C=O) groups is 1. The lowest BCUT2D eigenvalue weighted by molar-refractivity contribution is 0.0951. The number of likely N-dealkylation sites (N-methyl/N-ethyl adjacent to an activating group) is 1. The molecule has 0 spiro atoms. The smallest absolute Gasteiger partial charge is 0.251 e. The molecule has 7 heteroatoms. The van der Waals surface area contributed by atoms with Gasteiger partial charge in [-0.05, 0) is 43.4 Å². The second-order valence-electron chi connectivity index (χ2n) is 5.74. The van der Waals surface area contributed by atoms with E-state index < -0.39 is 0 Å². The molecule has 1 aromatic heterocycles. The molecule has 1 heterocycles. The summed E-state index contributed by atoms with van der Waals surface area (Å²) in [5, 5.41) is 2.89. The van der Waals surface area contributed by atoms with Crippen molar-refractivity contribution in [2.24, 2.45) is 5.73 Å². The lowest BCUT2D eigenvalue weighted by Gasteiger charge is -2.11. The number of halogens is 1. The fourth-order valence-corrected chi connectivity index (χ4v) is 2.05. The summed E-state index contributed by atoms with van der Waals surface area (Å²) in [7, 11) is 3.98. The van der Waals surface area contributed by atoms with Crippen LogP contribution in [0.25, 0.3) is 0 Å². The van der Waals surface area contributed by atoms with Crippen molar-refractivity contribution in [3.8, 4) is 5.88 Å². The molecule has 0 aliphatic carbocycles. The summed E-state index contributed by atoms with van der Waals surface area (Å²) in [6, 6.07) is 11.0. The third kappa shape index (κ3) is 7.09. The quantitative estimate of drug-likeness (QED) is 0.747. The van der Waals surface area contributed by atoms with Crippen LogP contribution in [0.3, 0.4) is 0 Å². The van der Waals surface area contributed by atoms with Gasteiger partial charge in [0.25, 0.3) is 5.91 Å². The molecule has 2 aromatic rings. The van der Waals surface area contributed by atoms with Crippen molar-refractivity contribution in [2.75, 3.05) is 27.2 Å². The highest BCUT2D eigenvalue weighted by molar-refractivity contribution is 5.94. The number of pyridine rings is 1. The molecule has 6 nitrogen and oxygen atoms in total. The van der Waals surface area contributed by atoms with Crippen LogP contribution < -0.4 is 15.8 Å². The number of rotatable bonds is 8. The topological polar surface area (TPSA) is 80.5 Å². The van der Waals surface area contributed by atoms with E-state index in [1.54, 1.807) is 18.3 Å². The molecule has 0 saturated carbocycles. The average Bonchev–Trinajstić information content (AvgIpc) is 2.60. The van der Waals surface area contributed by atoms with Crippen LogP contribution in [0.1, 0.15) is 21.5 Å². The van der Waals surface area contributed by atoms with E-state index >= 15 is 0 Å². The second kappa shape index (κ2) is 10.7. The van der Waals surface area contributed by atoms with Crippen LogP contribution in [0, 0.1) is 0 Å². The lowest BCUT2D eigenvalue weighted by atomic mass is 10.1. The minimum absolute atomic E-state index is 0. The number of hydrogen-bond acceptors (Lipinski definition) is 5. The van der Waals surface area contributed by atoms with E-state index in [2.05, 4.69) is 10.3 Å². The van der Waals surface area contributed by atoms with Crippen LogP contribution in [0.15, 0.2) is 42.6 Å². The van der Waals surface area contributed by atoms with E-state index in [-0.39, 0.29) is 18.3 Å². The number of aromatic nitrogens is 1. The first kappa shape index (κ1) is 20.9. The van der Waals surface area contributed by atoms with E-state index in [4.69, 9.17) is 10.5 Å². The molecule has 0 fully saturated rings. The molecule has 3 N–H and O–H groups in total. The molecule has 0 unspecified atom stereocenters. The normalized spacial score (nSPS) is 10.2. The van der Waals surface area contributed by atoms with Gasteiger partial charge in [0.05, 0.1) is 0 Å². The van der Waals surface area contributed by atoms with Crippen molar-refractivity contribution in [3.63, 3.8) is 0 Å². The molecule has 25 heavy (non-hydrogen) atoms. The number of ether oxygens (including phenoxy) is 1. The fourth-order valence-electron chi connectivity index (χ4n) is 2.05. The van der Waals surface area contributed by atoms with Gasteiger partial charge < -0.3 is 20.7 Å². The van der Waals surface area contributed by atoms with Gasteiger partial charge in [0.1, 0.15) is 6.61 Å². The summed E-state index contributed by atoms with van der Waals surface area (Å²) in [6.45, 7) is 2.28. The monoisotopic (exact) mass is 364 g/mol. The third-order valence-electron chi connectivity index (χ3n) is 3.49. The first-order valence-electron chi connectivity index (χ1n) is 7.88. The predicted octanol–water partition coefficient (Wildman–Crippen LogP) is 1.83. The highest BCUT2D eigenvalue weighted by atomic mass is 35.5. The van der Waals surface area contributed by atoms with Crippen LogP contribution in [0.2, 0.25) is 0 Å². The molecule has 1 amide bonds. The first-order valence-corrected chi connectivity index (χ1v) is 7.88. The number of hydrogen-bond donors (Lipinski definition) is 2. The maximum atomic E-state index is 12.2. The van der Waals surface area contributed by atoms with Gasteiger partial charge in [-0.15, -0.1) is 12.4 Å². The SMILES string of the molecule is CN(C)CCOc1cc(CNC(=O)c2ccc(CN)cc2)ccn1.Cl. The first-order chi connectivity index (χ1) is 11.6. The molecule has 1 aromatic carbocycles. The molecular formula is C18H25ClN4O2. The summed E-state index contributed by atoms with van der Waals surface area (Å²) >= 11 is 0. The van der Waals surface area contributed by atoms with Crippen LogP contribution in [-0.4, -0.2) is 43.0 Å². The fraction of sp³-hybridized carbons (Fsp3) is 0.333. The van der Waals surface area contributed by atoms with E-state index in [0.717, 1.165) is 17.7 Å². The number of nitrogens with two attached hydrogens (primary N) is 1. The van der Waals surface area contributed by atoms with Gasteiger partial charge in [-0.3, -0.25) is 4.79 Å². The van der Waals surface area contributed by atoms with Crippen LogP contribution in [0.5, 0.6) is 5.88 Å². The Balaban J connectivity index is 0.00000312. The lowest BCUT2D eigenvalue weighted by Crippen LogP contribution is -2.23. The van der Waals surface area contributed by atoms with Crippen LogP contribution >= 0.6 is 12.4 Å². The Morgan fingerprint density at radius 2 is 1.92 bits per heavy atom. The van der Waals surface area contributed by atoms with Gasteiger partial charge in [0.2, 0.25) is 5.88 Å². The van der Waals surface area contributed by atoms with Gasteiger partial charge >= 0.3 is 0 Å². The van der Waals surface area contributed by atoms with Crippen molar-refractivity contribution < 1.29 is 9.53 Å². The summed E-state index contributed by atoms with van der Waals surface area (Å²) in [5.41, 5.74) is 8.11. The number of carbonyl (C=O) groups excluding carboxylic acids is 1. The van der Waals surface area contributed by atoms with E-state index in [1.165, 1.54) is 0 Å². The Morgan fingerprint density at radius 3 is 2.56 bits per heavy atom. The van der Waals surface area contributed by atoms with Crippen molar-refractivity contribution >= 4 is 18.3 Å². The number of amides is 1. The minimum Gasteiger partial charge on any atom is -0.476 e. The highest BCUT2D eigenvalue weighted by Crippen LogP contribution is 2.10. The van der Waals surface area contributed by atoms with Crippen LogP contribution in [-0.2, 0) is 13.1 Å². The summed E-state index contributed by atoms with van der Waals surface area (Å²) in [6.07, 6.45) is 1.68. The standard InChI is InChI=1S/C18H24N4O2.ClH/c1-22(2)9-10-24-17-11-15(7-8-20-17)13-21-18(23)16-5-3-14(12-19)4-6-16;/h3-8,11H,9-10,12-13,19H2,1-2H3,(H,21,23);1H. The van der Waals surface area contributed by atoms with Gasteiger partial charge in [-0.25, -0.2) is 4.98 Å². The van der Waals surface area contributed by atoms with E-state index in [9.17, 15) is 4.79 Å². The van der Waals surface area contributed by atoms with Crippen molar-refractivity contribution in [1.82, 2.24) is 15.2 Å². The number of nitrogens with one attached hydrogen (secondary N) is 1. The van der Waals surface area contributed by atoms with Gasteiger partial charge in [-0.1, -0.05) is 12.1 Å². The predicted molar refractivity (Wildman–Crippen MR) is 101 cm³/mol. The summed E-state index contributed by atoms with van der Waals surface area (Å²) in [4.78, 5) is 18.4.